The zero-order valence-electron chi connectivity index (χ0n) is 9.77. The van der Waals surface area contributed by atoms with Crippen LogP contribution in [0, 0.1) is 0 Å². The van der Waals surface area contributed by atoms with Crippen molar-refractivity contribution in [2.45, 2.75) is 0 Å². The lowest BCUT2D eigenvalue weighted by atomic mass is 10.2. The fourth-order valence-electron chi connectivity index (χ4n) is 2.02. The van der Waals surface area contributed by atoms with E-state index in [9.17, 15) is 4.79 Å². The average molecular weight is 339 g/mol. The topological polar surface area (TPSA) is 29.5 Å². The molecule has 0 aliphatic carbocycles. The summed E-state index contributed by atoms with van der Waals surface area (Å²) in [5, 5.41) is 0.531. The largest absolute Gasteiger partial charge is 0.482 e. The summed E-state index contributed by atoms with van der Waals surface area (Å²) >= 11 is 9.59. The maximum Gasteiger partial charge on any atom is 0.269 e. The number of fused-ring (bicyclic) bond motifs is 1. The summed E-state index contributed by atoms with van der Waals surface area (Å²) in [5.41, 5.74) is 1.36. The van der Waals surface area contributed by atoms with Gasteiger partial charge in [0.2, 0.25) is 0 Å². The van der Waals surface area contributed by atoms with Gasteiger partial charge in [0.25, 0.3) is 5.91 Å². The highest BCUT2D eigenvalue weighted by atomic mass is 79.9. The number of carbonyl (C=O) groups is 1. The van der Waals surface area contributed by atoms with E-state index in [2.05, 4.69) is 15.9 Å². The van der Waals surface area contributed by atoms with Crippen molar-refractivity contribution in [2.24, 2.45) is 0 Å². The first kappa shape index (κ1) is 12.5. The molecule has 0 aromatic heterocycles. The number of anilines is 2. The maximum absolute atomic E-state index is 12.1. The molecule has 2 aromatic carbocycles. The van der Waals surface area contributed by atoms with E-state index in [1.165, 1.54) is 0 Å². The molecular formula is C14H9BrClNO2. The van der Waals surface area contributed by atoms with Crippen molar-refractivity contribution in [3.05, 3.63) is 52.0 Å². The van der Waals surface area contributed by atoms with E-state index in [1.54, 1.807) is 11.0 Å². The van der Waals surface area contributed by atoms with E-state index in [1.807, 2.05) is 36.4 Å². The van der Waals surface area contributed by atoms with Crippen molar-refractivity contribution < 1.29 is 9.53 Å². The maximum atomic E-state index is 12.1. The van der Waals surface area contributed by atoms with Crippen molar-refractivity contribution in [1.82, 2.24) is 0 Å². The smallest absolute Gasteiger partial charge is 0.269 e. The molecular weight excluding hydrogens is 330 g/mol. The van der Waals surface area contributed by atoms with Crippen LogP contribution in [0.2, 0.25) is 5.02 Å². The molecule has 5 heteroatoms. The Kier molecular flexibility index (Phi) is 3.21. The number of carbonyl (C=O) groups excluding carboxylic acids is 1. The third kappa shape index (κ3) is 2.22. The number of hydrogen-bond acceptors (Lipinski definition) is 2. The molecule has 1 amide bonds. The van der Waals surface area contributed by atoms with Gasteiger partial charge in [-0.1, -0.05) is 39.7 Å². The van der Waals surface area contributed by atoms with Gasteiger partial charge in [-0.2, -0.15) is 0 Å². The molecule has 2 aromatic rings. The minimum atomic E-state index is -0.140. The quantitative estimate of drug-likeness (QED) is 0.781. The lowest BCUT2D eigenvalue weighted by Gasteiger charge is -2.30. The third-order valence-corrected chi connectivity index (χ3v) is 3.67. The molecule has 0 saturated carbocycles. The standard InChI is InChI=1S/C14H9BrClNO2/c15-9-5-6-13-12(7-9)17(14(18)8-19-13)11-4-2-1-3-10(11)16/h1-7H,8H2. The second-order valence-electron chi connectivity index (χ2n) is 4.08. The molecule has 0 bridgehead atoms. The van der Waals surface area contributed by atoms with Crippen LogP contribution in [-0.2, 0) is 4.79 Å². The molecule has 1 aliphatic rings. The van der Waals surface area contributed by atoms with Crippen LogP contribution in [0.4, 0.5) is 11.4 Å². The number of ether oxygens (including phenoxy) is 1. The van der Waals surface area contributed by atoms with Gasteiger partial charge in [0.05, 0.1) is 16.4 Å². The number of amides is 1. The lowest BCUT2D eigenvalue weighted by Crippen LogP contribution is -2.35. The minimum absolute atomic E-state index is 0.0137. The number of benzene rings is 2. The summed E-state index contributed by atoms with van der Waals surface area (Å²) in [6.07, 6.45) is 0. The predicted molar refractivity (Wildman–Crippen MR) is 78.2 cm³/mol. The lowest BCUT2D eigenvalue weighted by molar-refractivity contribution is -0.120. The molecule has 1 heterocycles. The van der Waals surface area contributed by atoms with Crippen molar-refractivity contribution >= 4 is 44.8 Å². The summed E-state index contributed by atoms with van der Waals surface area (Å²) in [5.74, 6) is 0.529. The van der Waals surface area contributed by atoms with Crippen molar-refractivity contribution in [2.75, 3.05) is 11.5 Å². The molecule has 3 rings (SSSR count). The summed E-state index contributed by atoms with van der Waals surface area (Å²) in [4.78, 5) is 13.7. The van der Waals surface area contributed by atoms with E-state index < -0.39 is 0 Å². The first-order chi connectivity index (χ1) is 9.16. The van der Waals surface area contributed by atoms with E-state index in [0.717, 1.165) is 4.47 Å². The Hall–Kier alpha value is -1.52. The van der Waals surface area contributed by atoms with Gasteiger partial charge in [0.1, 0.15) is 5.75 Å². The SMILES string of the molecule is O=C1COc2ccc(Br)cc2N1c1ccccc1Cl. The van der Waals surface area contributed by atoms with Gasteiger partial charge in [0.15, 0.2) is 6.61 Å². The third-order valence-electron chi connectivity index (χ3n) is 2.86. The van der Waals surface area contributed by atoms with Gasteiger partial charge >= 0.3 is 0 Å². The molecule has 19 heavy (non-hydrogen) atoms. The average Bonchev–Trinajstić information content (AvgIpc) is 2.40. The molecule has 0 fully saturated rings. The van der Waals surface area contributed by atoms with Crippen LogP contribution >= 0.6 is 27.5 Å². The second-order valence-corrected chi connectivity index (χ2v) is 5.40. The van der Waals surface area contributed by atoms with Crippen LogP contribution in [0.1, 0.15) is 0 Å². The number of hydrogen-bond donors (Lipinski definition) is 0. The Balaban J connectivity index is 2.19. The van der Waals surface area contributed by atoms with Crippen LogP contribution in [-0.4, -0.2) is 12.5 Å². The Morgan fingerprint density at radius 1 is 1.16 bits per heavy atom. The van der Waals surface area contributed by atoms with Crippen LogP contribution in [0.15, 0.2) is 46.9 Å². The monoisotopic (exact) mass is 337 g/mol. The van der Waals surface area contributed by atoms with Crippen molar-refractivity contribution in [3.63, 3.8) is 0 Å². The van der Waals surface area contributed by atoms with E-state index in [-0.39, 0.29) is 12.5 Å². The highest BCUT2D eigenvalue weighted by Crippen LogP contribution is 2.41. The van der Waals surface area contributed by atoms with Crippen molar-refractivity contribution in [3.8, 4) is 5.75 Å². The zero-order chi connectivity index (χ0) is 13.4. The van der Waals surface area contributed by atoms with Gasteiger partial charge in [-0.3, -0.25) is 9.69 Å². The molecule has 3 nitrogen and oxygen atoms in total. The van der Waals surface area contributed by atoms with Crippen LogP contribution in [0.25, 0.3) is 0 Å². The minimum Gasteiger partial charge on any atom is -0.482 e. The summed E-state index contributed by atoms with van der Waals surface area (Å²) < 4.78 is 6.30. The van der Waals surface area contributed by atoms with E-state index in [0.29, 0.717) is 22.1 Å². The summed E-state index contributed by atoms with van der Waals surface area (Å²) in [7, 11) is 0. The normalized spacial score (nSPS) is 14.0. The molecule has 0 radical (unpaired) electrons. The Morgan fingerprint density at radius 3 is 2.74 bits per heavy atom. The second kappa shape index (κ2) is 4.87. The predicted octanol–water partition coefficient (Wildman–Crippen LogP) is 4.16. The highest BCUT2D eigenvalue weighted by Gasteiger charge is 2.28. The fourth-order valence-corrected chi connectivity index (χ4v) is 2.59. The van der Waals surface area contributed by atoms with Gasteiger partial charge in [-0.15, -0.1) is 0 Å². The molecule has 0 spiro atoms. The molecule has 0 atom stereocenters. The van der Waals surface area contributed by atoms with Crippen LogP contribution in [0.5, 0.6) is 5.75 Å². The summed E-state index contributed by atoms with van der Waals surface area (Å²) in [6, 6.07) is 12.8. The molecule has 96 valence electrons. The molecule has 1 aliphatic heterocycles. The Bertz CT molecular complexity index is 660. The van der Waals surface area contributed by atoms with Crippen molar-refractivity contribution in [1.29, 1.82) is 0 Å². The number of rotatable bonds is 1. The zero-order valence-corrected chi connectivity index (χ0v) is 12.1. The first-order valence-corrected chi connectivity index (χ1v) is 6.84. The van der Waals surface area contributed by atoms with Gasteiger partial charge in [-0.25, -0.2) is 0 Å². The van der Waals surface area contributed by atoms with Gasteiger partial charge in [0, 0.05) is 4.47 Å². The van der Waals surface area contributed by atoms with E-state index >= 15 is 0 Å². The van der Waals surface area contributed by atoms with Crippen LogP contribution in [0.3, 0.4) is 0 Å². The number of para-hydroxylation sites is 1. The number of nitrogens with zero attached hydrogens (tertiary/aromatic N) is 1. The van der Waals surface area contributed by atoms with E-state index in [4.69, 9.17) is 16.3 Å². The first-order valence-electron chi connectivity index (χ1n) is 5.66. The Labute approximate surface area is 123 Å². The molecule has 0 saturated heterocycles. The fraction of sp³-hybridized carbons (Fsp3) is 0.0714. The molecule has 0 N–H and O–H groups in total. The Morgan fingerprint density at radius 2 is 1.95 bits per heavy atom. The van der Waals surface area contributed by atoms with Gasteiger partial charge in [-0.05, 0) is 30.3 Å². The molecule has 0 unspecified atom stereocenters. The van der Waals surface area contributed by atoms with Gasteiger partial charge < -0.3 is 4.74 Å². The summed E-state index contributed by atoms with van der Waals surface area (Å²) in [6.45, 7) is 0.0137. The van der Waals surface area contributed by atoms with Crippen LogP contribution < -0.4 is 9.64 Å². The highest BCUT2D eigenvalue weighted by molar-refractivity contribution is 9.10. The number of halogens is 2.